The first-order valence-corrected chi connectivity index (χ1v) is 11.4. The lowest BCUT2D eigenvalue weighted by atomic mass is 9.92. The summed E-state index contributed by atoms with van der Waals surface area (Å²) in [5.41, 5.74) is 7.00. The molecule has 0 amide bonds. The van der Waals surface area contributed by atoms with Crippen LogP contribution in [-0.2, 0) is 7.05 Å². The zero-order valence-corrected chi connectivity index (χ0v) is 18.5. The van der Waals surface area contributed by atoms with Crippen molar-refractivity contribution in [1.29, 1.82) is 0 Å². The fourth-order valence-electron chi connectivity index (χ4n) is 5.54. The number of aryl methyl sites for hydroxylation is 2. The van der Waals surface area contributed by atoms with Gasteiger partial charge in [-0.15, -0.1) is 0 Å². The molecule has 0 spiro atoms. The van der Waals surface area contributed by atoms with Gasteiger partial charge in [-0.1, -0.05) is 55.3 Å². The first-order valence-electron chi connectivity index (χ1n) is 11.4. The van der Waals surface area contributed by atoms with E-state index in [1.165, 1.54) is 47.6 Å². The van der Waals surface area contributed by atoms with Crippen molar-refractivity contribution in [2.24, 2.45) is 7.05 Å². The summed E-state index contributed by atoms with van der Waals surface area (Å²) >= 11 is 0. The Morgan fingerprint density at radius 1 is 0.938 bits per heavy atom. The maximum absolute atomic E-state index is 7.55. The van der Waals surface area contributed by atoms with Crippen LogP contribution in [0.1, 0.15) is 42.7 Å². The van der Waals surface area contributed by atoms with E-state index < -0.39 is 0 Å². The van der Waals surface area contributed by atoms with Crippen LogP contribution in [-0.4, -0.2) is 0 Å². The van der Waals surface area contributed by atoms with Crippen molar-refractivity contribution in [3.8, 4) is 11.3 Å². The van der Waals surface area contributed by atoms with Crippen LogP contribution in [0.15, 0.2) is 65.2 Å². The van der Waals surface area contributed by atoms with Crippen LogP contribution in [0.5, 0.6) is 0 Å². The Bertz CT molecular complexity index is 1560. The molecule has 0 unspecified atom stereocenters. The molecule has 5 aromatic rings. The molecule has 0 bridgehead atoms. The van der Waals surface area contributed by atoms with Gasteiger partial charge in [0.15, 0.2) is 6.20 Å². The lowest BCUT2D eigenvalue weighted by molar-refractivity contribution is -0.659. The maximum atomic E-state index is 7.55. The average molecular weight is 418 g/mol. The van der Waals surface area contributed by atoms with Crippen molar-refractivity contribution in [2.75, 3.05) is 0 Å². The second-order valence-corrected chi connectivity index (χ2v) is 9.11. The van der Waals surface area contributed by atoms with E-state index in [-0.39, 0.29) is 0 Å². The van der Waals surface area contributed by atoms with Crippen LogP contribution in [0.3, 0.4) is 0 Å². The predicted octanol–water partition coefficient (Wildman–Crippen LogP) is 7.75. The van der Waals surface area contributed by atoms with Crippen molar-refractivity contribution in [3.05, 3.63) is 83.3 Å². The van der Waals surface area contributed by atoms with Crippen molar-refractivity contribution < 1.29 is 8.98 Å². The van der Waals surface area contributed by atoms with Crippen molar-refractivity contribution in [3.63, 3.8) is 0 Å². The number of furan rings is 1. The summed E-state index contributed by atoms with van der Waals surface area (Å²) in [5, 5.41) is 4.57. The Morgan fingerprint density at radius 2 is 1.72 bits per heavy atom. The molecule has 156 valence electrons. The van der Waals surface area contributed by atoms with E-state index in [1.807, 2.05) is 18.2 Å². The molecule has 1 saturated carbocycles. The van der Waals surface area contributed by atoms with E-state index in [9.17, 15) is 0 Å². The van der Waals surface area contributed by atoms with Gasteiger partial charge >= 0.3 is 0 Å². The number of para-hydroxylation sites is 1. The molecular weight excluding hydrogens is 392 g/mol. The zero-order chi connectivity index (χ0) is 21.8. The van der Waals surface area contributed by atoms with Crippen LogP contribution >= 0.6 is 0 Å². The van der Waals surface area contributed by atoms with Gasteiger partial charge in [-0.25, -0.2) is 9.41 Å². The summed E-state index contributed by atoms with van der Waals surface area (Å²) in [5.74, 6) is 0.699. The fourth-order valence-corrected chi connectivity index (χ4v) is 5.54. The highest BCUT2D eigenvalue weighted by Gasteiger charge is 2.25. The number of nitrogens with zero attached hydrogens (tertiary/aromatic N) is 2. The van der Waals surface area contributed by atoms with E-state index in [0.29, 0.717) is 17.2 Å². The standard InChI is InChI=1S/C29H25N2O/c1-18-11-13-24-23-9-6-10-25(30-2)28(23)32-29(24)26(18)27-22-14-12-20(19-7-4-5-8-19)17-21(22)15-16-31(27)3/h6,9-17,19H,4-5,7-8H2,1,3H3/q+1. The molecule has 0 aliphatic heterocycles. The van der Waals surface area contributed by atoms with Gasteiger partial charge < -0.3 is 4.42 Å². The largest absolute Gasteiger partial charge is 0.466 e. The number of aromatic nitrogens is 1. The molecule has 3 aromatic carbocycles. The monoisotopic (exact) mass is 417 g/mol. The minimum absolute atomic E-state index is 0.561. The van der Waals surface area contributed by atoms with Gasteiger partial charge in [0, 0.05) is 16.8 Å². The van der Waals surface area contributed by atoms with Crippen molar-refractivity contribution >= 4 is 38.4 Å². The summed E-state index contributed by atoms with van der Waals surface area (Å²) in [6.07, 6.45) is 7.45. The zero-order valence-electron chi connectivity index (χ0n) is 18.5. The quantitative estimate of drug-likeness (QED) is 0.212. The van der Waals surface area contributed by atoms with E-state index >= 15 is 0 Å². The smallest absolute Gasteiger partial charge is 0.229 e. The van der Waals surface area contributed by atoms with Crippen LogP contribution in [0.25, 0.3) is 48.8 Å². The minimum Gasteiger partial charge on any atom is -0.466 e. The third-order valence-corrected chi connectivity index (χ3v) is 7.20. The van der Waals surface area contributed by atoms with Gasteiger partial charge in [-0.2, -0.15) is 0 Å². The second-order valence-electron chi connectivity index (χ2n) is 9.11. The summed E-state index contributed by atoms with van der Waals surface area (Å²) < 4.78 is 8.62. The number of hydrogen-bond donors (Lipinski definition) is 0. The molecule has 0 atom stereocenters. The maximum Gasteiger partial charge on any atom is 0.229 e. The number of rotatable bonds is 2. The molecule has 0 radical (unpaired) electrons. The SMILES string of the molecule is [C-]#[N+]c1cccc2c1oc1c(-c3c4ccc(C5CCCC5)cc4cc[n+]3C)c(C)ccc12. The normalized spacial score (nSPS) is 14.5. The molecule has 32 heavy (non-hydrogen) atoms. The van der Waals surface area contributed by atoms with Gasteiger partial charge in [0.2, 0.25) is 11.4 Å². The van der Waals surface area contributed by atoms with Gasteiger partial charge in [0.1, 0.15) is 18.2 Å². The summed E-state index contributed by atoms with van der Waals surface area (Å²) in [4.78, 5) is 3.68. The molecule has 2 aromatic heterocycles. The van der Waals surface area contributed by atoms with E-state index in [4.69, 9.17) is 11.0 Å². The molecule has 0 N–H and O–H groups in total. The minimum atomic E-state index is 0.561. The van der Waals surface area contributed by atoms with Gasteiger partial charge in [0.25, 0.3) is 0 Å². The Hall–Kier alpha value is -3.64. The van der Waals surface area contributed by atoms with Gasteiger partial charge in [-0.3, -0.25) is 0 Å². The lowest BCUT2D eigenvalue weighted by Gasteiger charge is -2.12. The van der Waals surface area contributed by atoms with Gasteiger partial charge in [0.05, 0.1) is 17.5 Å². The molecule has 6 rings (SSSR count). The van der Waals surface area contributed by atoms with Crippen molar-refractivity contribution in [1.82, 2.24) is 0 Å². The van der Waals surface area contributed by atoms with E-state index in [2.05, 4.69) is 66.0 Å². The third kappa shape index (κ3) is 2.76. The predicted molar refractivity (Wildman–Crippen MR) is 130 cm³/mol. The molecule has 3 heteroatoms. The fraction of sp³-hybridized carbons (Fsp3) is 0.241. The van der Waals surface area contributed by atoms with Crippen LogP contribution < -0.4 is 4.57 Å². The highest BCUT2D eigenvalue weighted by molar-refractivity contribution is 6.14. The third-order valence-electron chi connectivity index (χ3n) is 7.20. The molecule has 1 fully saturated rings. The topological polar surface area (TPSA) is 21.4 Å². The summed E-state index contributed by atoms with van der Waals surface area (Å²) in [7, 11) is 2.10. The highest BCUT2D eigenvalue weighted by atomic mass is 16.3. The number of fused-ring (bicyclic) bond motifs is 4. The Morgan fingerprint density at radius 3 is 2.53 bits per heavy atom. The first kappa shape index (κ1) is 19.1. The highest BCUT2D eigenvalue weighted by Crippen LogP contribution is 2.42. The number of pyridine rings is 1. The van der Waals surface area contributed by atoms with Gasteiger partial charge in [-0.05, 0) is 48.3 Å². The number of benzene rings is 3. The molecule has 0 saturated heterocycles. The molecular formula is C29H25N2O+. The molecule has 1 aliphatic carbocycles. The van der Waals surface area contributed by atoms with E-state index in [1.54, 1.807) is 0 Å². The summed E-state index contributed by atoms with van der Waals surface area (Å²) in [6, 6.07) is 19.3. The molecule has 2 heterocycles. The first-order chi connectivity index (χ1) is 15.7. The van der Waals surface area contributed by atoms with E-state index in [0.717, 1.165) is 27.6 Å². The lowest BCUT2D eigenvalue weighted by Crippen LogP contribution is -2.30. The van der Waals surface area contributed by atoms with Crippen LogP contribution in [0.2, 0.25) is 0 Å². The Kier molecular flexibility index (Phi) is 4.30. The van der Waals surface area contributed by atoms with Crippen molar-refractivity contribution in [2.45, 2.75) is 38.5 Å². The molecule has 3 nitrogen and oxygen atoms in total. The molecule has 1 aliphatic rings. The summed E-state index contributed by atoms with van der Waals surface area (Å²) in [6.45, 7) is 9.70. The number of hydrogen-bond acceptors (Lipinski definition) is 1. The average Bonchev–Trinajstić information content (AvgIpc) is 3.47. The van der Waals surface area contributed by atoms with Crippen LogP contribution in [0.4, 0.5) is 5.69 Å². The Balaban J connectivity index is 1.66. The second kappa shape index (κ2) is 7.21. The van der Waals surface area contributed by atoms with Crippen LogP contribution in [0, 0.1) is 13.5 Å². The Labute approximate surface area is 187 Å².